The SMILES string of the molecule is COc1ccc(S(N)(=O)=O)cc1C(=O)OC(C)C(=O)c1ccc(F)c(F)c1. The standard InChI is InChI=1S/C17H15F2NO6S/c1-9(16(21)10-3-5-13(18)14(19)7-10)26-17(22)12-8-11(27(20,23)24)4-6-15(12)25-2/h3-9H,1-2H3,(H2,20,23,24). The molecule has 0 amide bonds. The van der Waals surface area contributed by atoms with Gasteiger partial charge in [-0.3, -0.25) is 4.79 Å². The number of hydrogen-bond donors (Lipinski definition) is 1. The minimum Gasteiger partial charge on any atom is -0.496 e. The Balaban J connectivity index is 2.27. The Hall–Kier alpha value is -2.85. The van der Waals surface area contributed by atoms with E-state index in [1.54, 1.807) is 0 Å². The van der Waals surface area contributed by atoms with E-state index in [0.717, 1.165) is 24.3 Å². The lowest BCUT2D eigenvalue weighted by Crippen LogP contribution is -2.25. The summed E-state index contributed by atoms with van der Waals surface area (Å²) in [6.07, 6.45) is -1.36. The normalized spacial score (nSPS) is 12.3. The molecule has 0 heterocycles. The molecule has 1 atom stereocenters. The van der Waals surface area contributed by atoms with Crippen LogP contribution in [0.25, 0.3) is 0 Å². The van der Waals surface area contributed by atoms with E-state index in [9.17, 15) is 26.8 Å². The van der Waals surface area contributed by atoms with Gasteiger partial charge in [-0.05, 0) is 43.3 Å². The molecular weight excluding hydrogens is 384 g/mol. The van der Waals surface area contributed by atoms with Gasteiger partial charge in [-0.15, -0.1) is 0 Å². The average Bonchev–Trinajstić information content (AvgIpc) is 2.61. The molecule has 10 heteroatoms. The number of carbonyl (C=O) groups excluding carboxylic acids is 2. The van der Waals surface area contributed by atoms with Gasteiger partial charge >= 0.3 is 5.97 Å². The van der Waals surface area contributed by atoms with Crippen LogP contribution in [0, 0.1) is 11.6 Å². The van der Waals surface area contributed by atoms with Gasteiger partial charge in [0.15, 0.2) is 17.7 Å². The largest absolute Gasteiger partial charge is 0.496 e. The molecule has 27 heavy (non-hydrogen) atoms. The van der Waals surface area contributed by atoms with Gasteiger partial charge in [0.05, 0.1) is 12.0 Å². The number of hydrogen-bond acceptors (Lipinski definition) is 6. The number of ketones is 1. The number of sulfonamides is 1. The van der Waals surface area contributed by atoms with E-state index in [-0.39, 0.29) is 21.8 Å². The number of Topliss-reactive ketones (excluding diaryl/α,β-unsaturated/α-hetero) is 1. The van der Waals surface area contributed by atoms with Crippen molar-refractivity contribution < 1.29 is 36.3 Å². The van der Waals surface area contributed by atoms with Crippen LogP contribution in [0.4, 0.5) is 8.78 Å². The molecular formula is C17H15F2NO6S. The first-order valence-corrected chi connectivity index (χ1v) is 9.00. The minimum atomic E-state index is -4.09. The summed E-state index contributed by atoms with van der Waals surface area (Å²) >= 11 is 0. The molecule has 1 unspecified atom stereocenters. The number of carbonyl (C=O) groups is 2. The van der Waals surface area contributed by atoms with Crippen molar-refractivity contribution in [2.75, 3.05) is 7.11 Å². The summed E-state index contributed by atoms with van der Waals surface area (Å²) in [5, 5.41) is 5.03. The zero-order chi connectivity index (χ0) is 20.4. The van der Waals surface area contributed by atoms with Gasteiger partial charge in [0.2, 0.25) is 15.8 Å². The van der Waals surface area contributed by atoms with Crippen LogP contribution in [0.1, 0.15) is 27.6 Å². The highest BCUT2D eigenvalue weighted by atomic mass is 32.2. The van der Waals surface area contributed by atoms with Crippen LogP contribution < -0.4 is 9.88 Å². The molecule has 2 aromatic rings. The van der Waals surface area contributed by atoms with Crippen LogP contribution in [0.2, 0.25) is 0 Å². The Bertz CT molecular complexity index is 1010. The second-order valence-corrected chi connectivity index (χ2v) is 7.01. The van der Waals surface area contributed by atoms with Crippen molar-refractivity contribution in [2.45, 2.75) is 17.9 Å². The van der Waals surface area contributed by atoms with Crippen molar-refractivity contribution in [1.29, 1.82) is 0 Å². The maximum atomic E-state index is 13.3. The minimum absolute atomic E-state index is 0.000115. The highest BCUT2D eigenvalue weighted by Crippen LogP contribution is 2.23. The second kappa shape index (κ2) is 7.80. The smallest absolute Gasteiger partial charge is 0.342 e. The Morgan fingerprint density at radius 3 is 2.30 bits per heavy atom. The zero-order valence-corrected chi connectivity index (χ0v) is 15.0. The van der Waals surface area contributed by atoms with Gasteiger partial charge < -0.3 is 9.47 Å². The number of rotatable bonds is 6. The summed E-state index contributed by atoms with van der Waals surface area (Å²) in [4.78, 5) is 24.2. The zero-order valence-electron chi connectivity index (χ0n) is 14.2. The van der Waals surface area contributed by atoms with Crippen molar-refractivity contribution in [3.8, 4) is 5.75 Å². The fraction of sp³-hybridized carbons (Fsp3) is 0.176. The Kier molecular flexibility index (Phi) is 5.91. The molecule has 0 radical (unpaired) electrons. The molecule has 144 valence electrons. The molecule has 0 fully saturated rings. The molecule has 0 saturated carbocycles. The first-order valence-electron chi connectivity index (χ1n) is 7.45. The summed E-state index contributed by atoms with van der Waals surface area (Å²) in [6.45, 7) is 1.23. The van der Waals surface area contributed by atoms with Crippen LogP contribution in [0.5, 0.6) is 5.75 Å². The number of halogens is 2. The topological polar surface area (TPSA) is 113 Å². The van der Waals surface area contributed by atoms with Crippen LogP contribution in [-0.4, -0.2) is 33.4 Å². The lowest BCUT2D eigenvalue weighted by atomic mass is 10.1. The third-order valence-corrected chi connectivity index (χ3v) is 4.49. The molecule has 2 N–H and O–H groups in total. The summed E-state index contributed by atoms with van der Waals surface area (Å²) in [7, 11) is -2.84. The molecule has 2 aromatic carbocycles. The fourth-order valence-corrected chi connectivity index (χ4v) is 2.73. The highest BCUT2D eigenvalue weighted by molar-refractivity contribution is 7.89. The second-order valence-electron chi connectivity index (χ2n) is 5.45. The number of benzene rings is 2. The Labute approximate surface area is 153 Å². The lowest BCUT2D eigenvalue weighted by Gasteiger charge is -2.14. The molecule has 0 aliphatic rings. The Morgan fingerprint density at radius 2 is 1.74 bits per heavy atom. The molecule has 0 saturated heterocycles. The number of ether oxygens (including phenoxy) is 2. The van der Waals surface area contributed by atoms with Crippen LogP contribution in [0.15, 0.2) is 41.3 Å². The van der Waals surface area contributed by atoms with Crippen molar-refractivity contribution >= 4 is 21.8 Å². The van der Waals surface area contributed by atoms with Gasteiger partial charge in [0.25, 0.3) is 0 Å². The predicted molar refractivity (Wildman–Crippen MR) is 89.9 cm³/mol. The van der Waals surface area contributed by atoms with Crippen molar-refractivity contribution in [2.24, 2.45) is 5.14 Å². The predicted octanol–water partition coefficient (Wildman–Crippen LogP) is 2.05. The third kappa shape index (κ3) is 4.66. The molecule has 2 rings (SSSR count). The van der Waals surface area contributed by atoms with E-state index in [2.05, 4.69) is 0 Å². The summed E-state index contributed by atoms with van der Waals surface area (Å²) in [5.74, 6) is -4.17. The first-order chi connectivity index (χ1) is 12.5. The van der Waals surface area contributed by atoms with Gasteiger partial charge in [-0.25, -0.2) is 27.1 Å². The van der Waals surface area contributed by atoms with Crippen molar-refractivity contribution in [1.82, 2.24) is 0 Å². The maximum Gasteiger partial charge on any atom is 0.342 e. The highest BCUT2D eigenvalue weighted by Gasteiger charge is 2.24. The van der Waals surface area contributed by atoms with Gasteiger partial charge in [0.1, 0.15) is 11.3 Å². The van der Waals surface area contributed by atoms with E-state index >= 15 is 0 Å². The van der Waals surface area contributed by atoms with E-state index in [1.807, 2.05) is 0 Å². The summed E-state index contributed by atoms with van der Waals surface area (Å²) < 4.78 is 59.1. The summed E-state index contributed by atoms with van der Waals surface area (Å²) in [5.41, 5.74) is -0.464. The van der Waals surface area contributed by atoms with E-state index in [0.29, 0.717) is 6.07 Å². The number of nitrogens with two attached hydrogens (primary N) is 1. The molecule has 0 spiro atoms. The van der Waals surface area contributed by atoms with Crippen LogP contribution in [0.3, 0.4) is 0 Å². The molecule has 7 nitrogen and oxygen atoms in total. The molecule has 0 bridgehead atoms. The lowest BCUT2D eigenvalue weighted by molar-refractivity contribution is 0.0315. The fourth-order valence-electron chi connectivity index (χ4n) is 2.19. The monoisotopic (exact) mass is 399 g/mol. The van der Waals surface area contributed by atoms with Gasteiger partial charge in [0, 0.05) is 5.56 Å². The van der Waals surface area contributed by atoms with Crippen molar-refractivity contribution in [3.05, 3.63) is 59.2 Å². The molecule has 0 aliphatic heterocycles. The quantitative estimate of drug-likeness (QED) is 0.588. The van der Waals surface area contributed by atoms with Gasteiger partial charge in [-0.2, -0.15) is 0 Å². The average molecular weight is 399 g/mol. The number of methoxy groups -OCH3 is 1. The van der Waals surface area contributed by atoms with Crippen LogP contribution >= 0.6 is 0 Å². The van der Waals surface area contributed by atoms with Crippen molar-refractivity contribution in [3.63, 3.8) is 0 Å². The summed E-state index contributed by atoms with van der Waals surface area (Å²) in [6, 6.07) is 5.80. The first kappa shape index (κ1) is 20.5. The third-order valence-electron chi connectivity index (χ3n) is 3.58. The van der Waals surface area contributed by atoms with E-state index in [4.69, 9.17) is 14.6 Å². The van der Waals surface area contributed by atoms with E-state index in [1.165, 1.54) is 20.1 Å². The maximum absolute atomic E-state index is 13.3. The van der Waals surface area contributed by atoms with E-state index < -0.39 is 39.5 Å². The number of primary sulfonamides is 1. The number of esters is 1. The molecule has 0 aliphatic carbocycles. The van der Waals surface area contributed by atoms with Crippen LogP contribution in [-0.2, 0) is 14.8 Å². The Morgan fingerprint density at radius 1 is 1.07 bits per heavy atom. The van der Waals surface area contributed by atoms with Gasteiger partial charge in [-0.1, -0.05) is 0 Å². The molecule has 0 aromatic heterocycles.